The Morgan fingerprint density at radius 1 is 1.11 bits per heavy atom. The third-order valence-electron chi connectivity index (χ3n) is 4.48. The molecule has 0 spiro atoms. The summed E-state index contributed by atoms with van der Waals surface area (Å²) in [6.45, 7) is 2.17. The Labute approximate surface area is 173 Å². The first kappa shape index (κ1) is 22.5. The molecule has 0 radical (unpaired) electrons. The number of aryl methyl sites for hydroxylation is 1. The van der Waals surface area contributed by atoms with Crippen molar-refractivity contribution in [2.45, 2.75) is 61.7 Å². The van der Waals surface area contributed by atoms with Gasteiger partial charge in [-0.05, 0) is 48.1 Å². The van der Waals surface area contributed by atoms with Crippen molar-refractivity contribution >= 4 is 35.0 Å². The van der Waals surface area contributed by atoms with Crippen molar-refractivity contribution < 1.29 is 24.9 Å². The Morgan fingerprint density at radius 3 is 2.54 bits per heavy atom. The van der Waals surface area contributed by atoms with Crippen LogP contribution in [-0.4, -0.2) is 33.4 Å². The van der Waals surface area contributed by atoms with Crippen molar-refractivity contribution in [1.29, 1.82) is 0 Å². The second-order valence-corrected chi connectivity index (χ2v) is 8.83. The molecule has 3 N–H and O–H groups in total. The molecule has 2 aromatic rings. The zero-order chi connectivity index (χ0) is 20.5. The monoisotopic (exact) mass is 422 g/mol. The van der Waals surface area contributed by atoms with E-state index >= 15 is 0 Å². The molecule has 0 aliphatic rings. The van der Waals surface area contributed by atoms with Gasteiger partial charge >= 0.3 is 11.9 Å². The second-order valence-electron chi connectivity index (χ2n) is 6.62. The molecule has 1 aromatic carbocycles. The van der Waals surface area contributed by atoms with Crippen LogP contribution in [0.3, 0.4) is 0 Å². The zero-order valence-corrected chi connectivity index (χ0v) is 17.5. The van der Waals surface area contributed by atoms with Crippen LogP contribution in [0.1, 0.15) is 65.1 Å². The number of unbranched alkanes of at least 4 members (excludes halogenated alkanes) is 4. The van der Waals surface area contributed by atoms with E-state index in [2.05, 4.69) is 6.92 Å². The summed E-state index contributed by atoms with van der Waals surface area (Å²) in [6.07, 6.45) is 5.03. The highest BCUT2D eigenvalue weighted by molar-refractivity contribution is 7.99. The third-order valence-corrected chi connectivity index (χ3v) is 6.77. The summed E-state index contributed by atoms with van der Waals surface area (Å²) in [4.78, 5) is 24.4. The van der Waals surface area contributed by atoms with Crippen molar-refractivity contribution in [2.24, 2.45) is 0 Å². The van der Waals surface area contributed by atoms with E-state index in [0.29, 0.717) is 4.90 Å². The number of rotatable bonds is 12. The van der Waals surface area contributed by atoms with Gasteiger partial charge in [0.25, 0.3) is 0 Å². The van der Waals surface area contributed by atoms with Gasteiger partial charge in [-0.1, -0.05) is 38.7 Å². The smallest absolute Gasteiger partial charge is 0.335 e. The quantitative estimate of drug-likeness (QED) is 0.320. The number of aliphatic carboxylic acids is 1. The van der Waals surface area contributed by atoms with Gasteiger partial charge in [-0.3, -0.25) is 0 Å². The van der Waals surface area contributed by atoms with Gasteiger partial charge in [0.15, 0.2) is 6.10 Å². The molecule has 0 aliphatic carbocycles. The van der Waals surface area contributed by atoms with E-state index in [4.69, 9.17) is 0 Å². The van der Waals surface area contributed by atoms with Crippen molar-refractivity contribution in [3.8, 4) is 0 Å². The minimum atomic E-state index is -1.58. The highest BCUT2D eigenvalue weighted by Gasteiger charge is 2.30. The van der Waals surface area contributed by atoms with E-state index in [0.717, 1.165) is 29.7 Å². The molecule has 1 heterocycles. The van der Waals surface area contributed by atoms with Crippen molar-refractivity contribution in [1.82, 2.24) is 0 Å². The second kappa shape index (κ2) is 11.2. The molecule has 0 saturated heterocycles. The summed E-state index contributed by atoms with van der Waals surface area (Å²) in [6, 6.07) is 8.22. The topological polar surface area (TPSA) is 94.8 Å². The number of aromatic carboxylic acids is 1. The number of carboxylic acids is 2. The van der Waals surface area contributed by atoms with Crippen LogP contribution in [0.25, 0.3) is 0 Å². The van der Waals surface area contributed by atoms with Crippen LogP contribution in [0.15, 0.2) is 40.6 Å². The minimum absolute atomic E-state index is 0.134. The fraction of sp³-hybridized carbons (Fsp3) is 0.429. The highest BCUT2D eigenvalue weighted by atomic mass is 32.2. The van der Waals surface area contributed by atoms with E-state index in [1.165, 1.54) is 43.2 Å². The molecule has 152 valence electrons. The van der Waals surface area contributed by atoms with E-state index in [9.17, 15) is 24.9 Å². The fourth-order valence-electron chi connectivity index (χ4n) is 2.97. The lowest BCUT2D eigenvalue weighted by molar-refractivity contribution is -0.146. The number of thiophene rings is 1. The van der Waals surface area contributed by atoms with Crippen LogP contribution in [0, 0.1) is 0 Å². The average molecular weight is 423 g/mol. The number of aliphatic hydroxyl groups is 1. The Balaban J connectivity index is 2.20. The lowest BCUT2D eigenvalue weighted by atomic mass is 10.0. The number of thioether (sulfide) groups is 1. The summed E-state index contributed by atoms with van der Waals surface area (Å²) in [5.41, 5.74) is 0.955. The van der Waals surface area contributed by atoms with E-state index < -0.39 is 23.3 Å². The van der Waals surface area contributed by atoms with E-state index in [1.54, 1.807) is 23.5 Å². The minimum Gasteiger partial charge on any atom is -0.479 e. The van der Waals surface area contributed by atoms with Crippen LogP contribution in [0.5, 0.6) is 0 Å². The molecule has 2 atom stereocenters. The lowest BCUT2D eigenvalue weighted by Gasteiger charge is -2.21. The SMILES string of the molecule is CCCCCCCc1sccc1C(Sc1cccc(C(=O)O)c1)C(O)C(=O)O. The molecule has 1 aromatic heterocycles. The van der Waals surface area contributed by atoms with Gasteiger partial charge in [-0.15, -0.1) is 23.1 Å². The summed E-state index contributed by atoms with van der Waals surface area (Å²) < 4.78 is 0. The molecule has 0 fully saturated rings. The van der Waals surface area contributed by atoms with Crippen LogP contribution in [-0.2, 0) is 11.2 Å². The van der Waals surface area contributed by atoms with Gasteiger partial charge in [0.05, 0.1) is 10.8 Å². The zero-order valence-electron chi connectivity index (χ0n) is 15.8. The summed E-state index contributed by atoms with van der Waals surface area (Å²) in [7, 11) is 0. The van der Waals surface area contributed by atoms with Crippen LogP contribution in [0.4, 0.5) is 0 Å². The first-order valence-corrected chi connectivity index (χ1v) is 11.2. The Bertz CT molecular complexity index is 787. The number of carbonyl (C=O) groups is 2. The number of hydrogen-bond donors (Lipinski definition) is 3. The predicted octanol–water partition coefficient (Wildman–Crippen LogP) is 5.24. The van der Waals surface area contributed by atoms with Crippen LogP contribution in [0.2, 0.25) is 0 Å². The molecule has 0 bridgehead atoms. The maximum Gasteiger partial charge on any atom is 0.335 e. The lowest BCUT2D eigenvalue weighted by Crippen LogP contribution is -2.26. The van der Waals surface area contributed by atoms with Gasteiger partial charge in [0.2, 0.25) is 0 Å². The molecule has 28 heavy (non-hydrogen) atoms. The normalized spacial score (nSPS) is 13.2. The molecule has 5 nitrogen and oxygen atoms in total. The predicted molar refractivity (Wildman–Crippen MR) is 112 cm³/mol. The van der Waals surface area contributed by atoms with Crippen molar-refractivity contribution in [2.75, 3.05) is 0 Å². The van der Waals surface area contributed by atoms with Gasteiger partial charge in [-0.2, -0.15) is 0 Å². The third kappa shape index (κ3) is 6.36. The molecular formula is C21H26O5S2. The first-order valence-electron chi connectivity index (χ1n) is 9.41. The standard InChI is InChI=1S/C21H26O5S2/c1-2-3-4-5-6-10-17-16(11-12-27-17)19(18(22)21(25)26)28-15-9-7-8-14(13-15)20(23)24/h7-9,11-13,18-19,22H,2-6,10H2,1H3,(H,23,24)(H,25,26). The molecular weight excluding hydrogens is 396 g/mol. The molecule has 2 unspecified atom stereocenters. The van der Waals surface area contributed by atoms with Crippen LogP contribution >= 0.6 is 23.1 Å². The first-order chi connectivity index (χ1) is 13.4. The van der Waals surface area contributed by atoms with E-state index in [1.807, 2.05) is 11.4 Å². The number of benzene rings is 1. The van der Waals surface area contributed by atoms with Crippen molar-refractivity contribution in [3.63, 3.8) is 0 Å². The van der Waals surface area contributed by atoms with Gasteiger partial charge < -0.3 is 15.3 Å². The summed E-state index contributed by atoms with van der Waals surface area (Å²) in [5, 5.41) is 30.1. The Morgan fingerprint density at radius 2 is 1.86 bits per heavy atom. The van der Waals surface area contributed by atoms with Gasteiger partial charge in [-0.25, -0.2) is 9.59 Å². The number of aliphatic hydroxyl groups excluding tert-OH is 1. The van der Waals surface area contributed by atoms with Gasteiger partial charge in [0.1, 0.15) is 0 Å². The van der Waals surface area contributed by atoms with Crippen molar-refractivity contribution in [3.05, 3.63) is 51.7 Å². The highest BCUT2D eigenvalue weighted by Crippen LogP contribution is 2.41. The van der Waals surface area contributed by atoms with E-state index in [-0.39, 0.29) is 5.56 Å². The number of carboxylic acid groups (broad SMARTS) is 2. The molecule has 0 aliphatic heterocycles. The Hall–Kier alpha value is -1.83. The molecule has 2 rings (SSSR count). The molecule has 0 amide bonds. The largest absolute Gasteiger partial charge is 0.479 e. The molecule has 7 heteroatoms. The maximum absolute atomic E-state index is 11.5. The number of hydrogen-bond acceptors (Lipinski definition) is 5. The summed E-state index contributed by atoms with van der Waals surface area (Å²) in [5.74, 6) is -2.33. The summed E-state index contributed by atoms with van der Waals surface area (Å²) >= 11 is 2.77. The fourth-order valence-corrected chi connectivity index (χ4v) is 5.26. The maximum atomic E-state index is 11.5. The van der Waals surface area contributed by atoms with Gasteiger partial charge in [0, 0.05) is 9.77 Å². The Kier molecular flexibility index (Phi) is 9.02. The van der Waals surface area contributed by atoms with Crippen LogP contribution < -0.4 is 0 Å². The molecule has 0 saturated carbocycles. The average Bonchev–Trinajstić information content (AvgIpc) is 3.13.